The Hall–Kier alpha value is -2.32. The predicted octanol–water partition coefficient (Wildman–Crippen LogP) is 2.59. The Morgan fingerprint density at radius 1 is 1.46 bits per heavy atom. The van der Waals surface area contributed by atoms with Gasteiger partial charge in [0.1, 0.15) is 6.33 Å². The average Bonchev–Trinajstić information content (AvgIpc) is 3.26. The summed E-state index contributed by atoms with van der Waals surface area (Å²) in [5.41, 5.74) is 0.621. The van der Waals surface area contributed by atoms with E-state index in [0.717, 1.165) is 10.1 Å². The molecule has 0 saturated carbocycles. The fourth-order valence-electron chi connectivity index (χ4n) is 2.67. The third-order valence-electron chi connectivity index (χ3n) is 4.12. The van der Waals surface area contributed by atoms with Crippen molar-refractivity contribution in [2.75, 3.05) is 18.4 Å². The van der Waals surface area contributed by atoms with Crippen molar-refractivity contribution in [2.24, 2.45) is 13.0 Å². The molecule has 136 valence electrons. The van der Waals surface area contributed by atoms with Gasteiger partial charge in [-0.25, -0.2) is 0 Å². The highest BCUT2D eigenvalue weighted by Crippen LogP contribution is 2.33. The second kappa shape index (κ2) is 7.92. The van der Waals surface area contributed by atoms with Crippen LogP contribution in [0.5, 0.6) is 0 Å². The van der Waals surface area contributed by atoms with E-state index in [4.69, 9.17) is 11.6 Å². The largest absolute Gasteiger partial charge is 0.338 e. The van der Waals surface area contributed by atoms with Gasteiger partial charge in [0.25, 0.3) is 0 Å². The summed E-state index contributed by atoms with van der Waals surface area (Å²) in [6, 6.07) is 5.34. The molecule has 26 heavy (non-hydrogen) atoms. The number of aromatic nitrogens is 3. The highest BCUT2D eigenvalue weighted by molar-refractivity contribution is 7.99. The van der Waals surface area contributed by atoms with Crippen LogP contribution in [-0.4, -0.2) is 44.6 Å². The zero-order valence-corrected chi connectivity index (χ0v) is 15.8. The Morgan fingerprint density at radius 3 is 2.92 bits per heavy atom. The second-order valence-electron chi connectivity index (χ2n) is 5.93. The number of nitrogens with zero attached hydrogens (tertiary/aromatic N) is 4. The van der Waals surface area contributed by atoms with Crippen LogP contribution >= 0.6 is 23.4 Å². The molecule has 2 aromatic rings. The molecule has 0 spiro atoms. The first-order valence-corrected chi connectivity index (χ1v) is 9.21. The van der Waals surface area contributed by atoms with Crippen molar-refractivity contribution in [1.82, 2.24) is 19.7 Å². The van der Waals surface area contributed by atoms with E-state index in [1.807, 2.05) is 13.1 Å². The Labute approximate surface area is 160 Å². The Kier molecular flexibility index (Phi) is 5.63. The van der Waals surface area contributed by atoms with E-state index in [0.29, 0.717) is 30.2 Å². The van der Waals surface area contributed by atoms with Crippen molar-refractivity contribution in [3.05, 3.63) is 42.2 Å². The Bertz CT molecular complexity index is 853. The number of benzene rings is 1. The van der Waals surface area contributed by atoms with Crippen molar-refractivity contribution in [1.29, 1.82) is 0 Å². The minimum Gasteiger partial charge on any atom is -0.338 e. The topological polar surface area (TPSA) is 80.1 Å². The average molecular weight is 392 g/mol. The number of amides is 2. The van der Waals surface area contributed by atoms with E-state index >= 15 is 0 Å². The van der Waals surface area contributed by atoms with Gasteiger partial charge in [0.2, 0.25) is 11.8 Å². The molecule has 1 aromatic heterocycles. The zero-order chi connectivity index (χ0) is 18.7. The van der Waals surface area contributed by atoms with Crippen molar-refractivity contribution in [2.45, 2.75) is 16.5 Å². The first kappa shape index (κ1) is 18.5. The lowest BCUT2D eigenvalue weighted by molar-refractivity contribution is -0.125. The number of halogens is 1. The predicted molar refractivity (Wildman–Crippen MR) is 100 cm³/mol. The number of anilines is 1. The van der Waals surface area contributed by atoms with Crippen LogP contribution in [0.3, 0.4) is 0 Å². The van der Waals surface area contributed by atoms with Crippen LogP contribution < -0.4 is 5.32 Å². The highest BCUT2D eigenvalue weighted by atomic mass is 35.5. The summed E-state index contributed by atoms with van der Waals surface area (Å²) >= 11 is 7.73. The van der Waals surface area contributed by atoms with Crippen LogP contribution in [0, 0.1) is 5.92 Å². The van der Waals surface area contributed by atoms with Gasteiger partial charge >= 0.3 is 0 Å². The molecule has 1 atom stereocenters. The van der Waals surface area contributed by atoms with Crippen molar-refractivity contribution >= 4 is 40.9 Å². The van der Waals surface area contributed by atoms with E-state index in [1.54, 1.807) is 27.9 Å². The number of hydrogen-bond acceptors (Lipinski definition) is 5. The smallest absolute Gasteiger partial charge is 0.245 e. The minimum absolute atomic E-state index is 0.117. The number of nitrogens with one attached hydrogen (secondary N) is 1. The summed E-state index contributed by atoms with van der Waals surface area (Å²) < 4.78 is 1.80. The maximum absolute atomic E-state index is 12.4. The maximum atomic E-state index is 12.4. The Morgan fingerprint density at radius 2 is 2.27 bits per heavy atom. The summed E-state index contributed by atoms with van der Waals surface area (Å²) in [6.07, 6.45) is 3.53. The molecule has 1 fully saturated rings. The number of carbonyl (C=O) groups excluding carboxylic acids is 2. The number of likely N-dealkylation sites (tertiary alicyclic amines) is 1. The molecule has 7 nitrogen and oxygen atoms in total. The first-order chi connectivity index (χ1) is 12.5. The molecular formula is C17H18ClN5O2S. The van der Waals surface area contributed by atoms with Crippen LogP contribution in [0.25, 0.3) is 0 Å². The molecule has 2 heterocycles. The molecule has 3 rings (SSSR count). The van der Waals surface area contributed by atoms with Crippen molar-refractivity contribution < 1.29 is 9.59 Å². The van der Waals surface area contributed by atoms with Gasteiger partial charge in [0, 0.05) is 30.7 Å². The maximum Gasteiger partial charge on any atom is 0.245 e. The SMILES string of the molecule is C=CC(=O)N1CCC(C(=O)Nc2ccc(Sc3nncn3C)c(Cl)c2)C1. The number of rotatable bonds is 5. The summed E-state index contributed by atoms with van der Waals surface area (Å²) in [6.45, 7) is 4.45. The summed E-state index contributed by atoms with van der Waals surface area (Å²) in [5.74, 6) is -0.493. The Balaban J connectivity index is 1.63. The molecule has 1 N–H and O–H groups in total. The number of carbonyl (C=O) groups is 2. The van der Waals surface area contributed by atoms with E-state index in [1.165, 1.54) is 17.8 Å². The van der Waals surface area contributed by atoms with Gasteiger partial charge in [-0.05, 0) is 42.5 Å². The van der Waals surface area contributed by atoms with Gasteiger partial charge in [0.15, 0.2) is 5.16 Å². The molecule has 0 radical (unpaired) electrons. The van der Waals surface area contributed by atoms with Gasteiger partial charge < -0.3 is 14.8 Å². The molecule has 2 amide bonds. The molecule has 9 heteroatoms. The normalized spacial score (nSPS) is 16.5. The quantitative estimate of drug-likeness (QED) is 0.792. The van der Waals surface area contributed by atoms with Gasteiger partial charge in [-0.1, -0.05) is 18.2 Å². The lowest BCUT2D eigenvalue weighted by Crippen LogP contribution is -2.30. The van der Waals surface area contributed by atoms with E-state index < -0.39 is 0 Å². The van der Waals surface area contributed by atoms with Gasteiger partial charge in [0.05, 0.1) is 10.9 Å². The fraction of sp³-hybridized carbons (Fsp3) is 0.294. The molecule has 1 saturated heterocycles. The van der Waals surface area contributed by atoms with Crippen LogP contribution in [0.4, 0.5) is 5.69 Å². The lowest BCUT2D eigenvalue weighted by Gasteiger charge is -2.14. The molecule has 1 aliphatic rings. The number of hydrogen-bond donors (Lipinski definition) is 1. The van der Waals surface area contributed by atoms with Gasteiger partial charge in [-0.15, -0.1) is 10.2 Å². The minimum atomic E-state index is -0.231. The highest BCUT2D eigenvalue weighted by Gasteiger charge is 2.30. The first-order valence-electron chi connectivity index (χ1n) is 8.01. The van der Waals surface area contributed by atoms with E-state index in [2.05, 4.69) is 22.1 Å². The van der Waals surface area contributed by atoms with Crippen LogP contribution in [-0.2, 0) is 16.6 Å². The molecule has 0 bridgehead atoms. The molecular weight excluding hydrogens is 374 g/mol. The van der Waals surface area contributed by atoms with Gasteiger partial charge in [-0.2, -0.15) is 0 Å². The van der Waals surface area contributed by atoms with Crippen molar-refractivity contribution in [3.63, 3.8) is 0 Å². The zero-order valence-electron chi connectivity index (χ0n) is 14.2. The fourth-order valence-corrected chi connectivity index (χ4v) is 3.74. The van der Waals surface area contributed by atoms with Crippen LogP contribution in [0.2, 0.25) is 5.02 Å². The third-order valence-corrected chi connectivity index (χ3v) is 5.67. The molecule has 1 aromatic carbocycles. The third kappa shape index (κ3) is 4.08. The molecule has 0 aliphatic carbocycles. The summed E-state index contributed by atoms with van der Waals surface area (Å²) in [4.78, 5) is 26.5. The summed E-state index contributed by atoms with van der Waals surface area (Å²) in [5, 5.41) is 12.0. The monoisotopic (exact) mass is 391 g/mol. The lowest BCUT2D eigenvalue weighted by atomic mass is 10.1. The van der Waals surface area contributed by atoms with E-state index in [-0.39, 0.29) is 17.7 Å². The van der Waals surface area contributed by atoms with E-state index in [9.17, 15) is 9.59 Å². The molecule has 1 unspecified atom stereocenters. The van der Waals surface area contributed by atoms with Gasteiger partial charge in [-0.3, -0.25) is 9.59 Å². The molecule has 1 aliphatic heterocycles. The van der Waals surface area contributed by atoms with Crippen LogP contribution in [0.15, 0.2) is 47.2 Å². The number of aryl methyl sites for hydroxylation is 1. The van der Waals surface area contributed by atoms with Crippen LogP contribution in [0.1, 0.15) is 6.42 Å². The standard InChI is InChI=1S/C17H18ClN5O2S/c1-3-15(24)23-7-6-11(9-23)16(25)20-12-4-5-14(13(18)8-12)26-17-21-19-10-22(17)2/h3-5,8,10-11H,1,6-7,9H2,2H3,(H,20,25). The van der Waals surface area contributed by atoms with Crippen molar-refractivity contribution in [3.8, 4) is 0 Å². The second-order valence-corrected chi connectivity index (χ2v) is 7.35. The summed E-state index contributed by atoms with van der Waals surface area (Å²) in [7, 11) is 1.85.